The van der Waals surface area contributed by atoms with Crippen LogP contribution in [0.15, 0.2) is 42.5 Å². The Labute approximate surface area is 125 Å². The molecule has 0 aliphatic rings. The van der Waals surface area contributed by atoms with Crippen molar-refractivity contribution in [2.24, 2.45) is 0 Å². The quantitative estimate of drug-likeness (QED) is 0.798. The van der Waals surface area contributed by atoms with Crippen molar-refractivity contribution >= 4 is 21.6 Å². The van der Waals surface area contributed by atoms with Crippen LogP contribution >= 0.6 is 11.3 Å². The second kappa shape index (κ2) is 5.79. The summed E-state index contributed by atoms with van der Waals surface area (Å²) in [5.41, 5.74) is 1.44. The van der Waals surface area contributed by atoms with Gasteiger partial charge in [0.05, 0.1) is 28.4 Å². The van der Waals surface area contributed by atoms with Crippen LogP contribution in [0.3, 0.4) is 0 Å². The number of aliphatic hydroxyl groups is 1. The molecule has 0 amide bonds. The largest absolute Gasteiger partial charge is 0.494 e. The fourth-order valence-corrected chi connectivity index (χ4v) is 3.18. The van der Waals surface area contributed by atoms with Crippen molar-refractivity contribution in [3.63, 3.8) is 0 Å². The number of rotatable bonds is 4. The minimum atomic E-state index is -0.786. The van der Waals surface area contributed by atoms with Crippen LogP contribution < -0.4 is 4.74 Å². The number of halogens is 1. The summed E-state index contributed by atoms with van der Waals surface area (Å²) in [6.45, 7) is 0. The third-order valence-corrected chi connectivity index (χ3v) is 4.33. The minimum Gasteiger partial charge on any atom is -0.494 e. The molecule has 3 nitrogen and oxygen atoms in total. The molecule has 0 saturated carbocycles. The van der Waals surface area contributed by atoms with Crippen LogP contribution in [0.5, 0.6) is 5.75 Å². The smallest absolute Gasteiger partial charge is 0.165 e. The molecule has 0 saturated heterocycles. The molecule has 0 radical (unpaired) electrons. The van der Waals surface area contributed by atoms with Gasteiger partial charge in [-0.1, -0.05) is 18.2 Å². The van der Waals surface area contributed by atoms with Crippen LogP contribution in [-0.4, -0.2) is 17.2 Å². The van der Waals surface area contributed by atoms with Gasteiger partial charge in [-0.2, -0.15) is 0 Å². The van der Waals surface area contributed by atoms with Gasteiger partial charge in [0.2, 0.25) is 0 Å². The lowest BCUT2D eigenvalue weighted by Gasteiger charge is -2.10. The summed E-state index contributed by atoms with van der Waals surface area (Å²) in [6, 6.07) is 12.3. The van der Waals surface area contributed by atoms with E-state index in [2.05, 4.69) is 4.98 Å². The van der Waals surface area contributed by atoms with Gasteiger partial charge in [0, 0.05) is 6.42 Å². The van der Waals surface area contributed by atoms with Crippen molar-refractivity contribution in [1.29, 1.82) is 0 Å². The van der Waals surface area contributed by atoms with E-state index in [1.54, 1.807) is 17.4 Å². The lowest BCUT2D eigenvalue weighted by molar-refractivity contribution is 0.178. The Morgan fingerprint density at radius 1 is 1.29 bits per heavy atom. The van der Waals surface area contributed by atoms with Gasteiger partial charge in [0.25, 0.3) is 0 Å². The molecule has 0 fully saturated rings. The maximum atomic E-state index is 13.7. The van der Waals surface area contributed by atoms with E-state index in [9.17, 15) is 9.50 Å². The second-order valence-corrected chi connectivity index (χ2v) is 5.80. The van der Waals surface area contributed by atoms with E-state index in [1.807, 2.05) is 24.3 Å². The van der Waals surface area contributed by atoms with Crippen LogP contribution in [-0.2, 0) is 6.42 Å². The zero-order valence-electron chi connectivity index (χ0n) is 11.4. The summed E-state index contributed by atoms with van der Waals surface area (Å²) in [7, 11) is 1.41. The van der Waals surface area contributed by atoms with Crippen molar-refractivity contribution < 1.29 is 14.2 Å². The number of hydrogen-bond donors (Lipinski definition) is 1. The van der Waals surface area contributed by atoms with Crippen LogP contribution in [0.25, 0.3) is 10.2 Å². The predicted octanol–water partition coefficient (Wildman–Crippen LogP) is 3.72. The number of methoxy groups -OCH3 is 1. The molecule has 1 heterocycles. The van der Waals surface area contributed by atoms with Crippen molar-refractivity contribution in [3.05, 3.63) is 58.9 Å². The number of fused-ring (bicyclic) bond motifs is 1. The summed E-state index contributed by atoms with van der Waals surface area (Å²) < 4.78 is 19.6. The molecule has 0 aliphatic heterocycles. The Morgan fingerprint density at radius 2 is 2.10 bits per heavy atom. The summed E-state index contributed by atoms with van der Waals surface area (Å²) in [5, 5.41) is 11.1. The lowest BCUT2D eigenvalue weighted by Crippen LogP contribution is -2.02. The fourth-order valence-electron chi connectivity index (χ4n) is 2.18. The monoisotopic (exact) mass is 303 g/mol. The number of aromatic nitrogens is 1. The zero-order chi connectivity index (χ0) is 14.8. The number of ether oxygens (including phenoxy) is 1. The molecule has 1 N–H and O–H groups in total. The molecule has 1 atom stereocenters. The van der Waals surface area contributed by atoms with Crippen molar-refractivity contribution in [2.45, 2.75) is 12.5 Å². The molecule has 0 aliphatic carbocycles. The molecule has 1 unspecified atom stereocenters. The molecular weight excluding hydrogens is 289 g/mol. The highest BCUT2D eigenvalue weighted by atomic mass is 32.1. The van der Waals surface area contributed by atoms with Crippen LogP contribution in [0.1, 0.15) is 16.7 Å². The SMILES string of the molecule is COc1ccc(C(O)Cc2nc3ccccc3s2)cc1F. The van der Waals surface area contributed by atoms with E-state index in [4.69, 9.17) is 4.74 Å². The number of benzene rings is 2. The topological polar surface area (TPSA) is 42.4 Å². The van der Waals surface area contributed by atoms with E-state index in [1.165, 1.54) is 19.2 Å². The Kier molecular flexibility index (Phi) is 3.86. The number of nitrogens with zero attached hydrogens (tertiary/aromatic N) is 1. The summed E-state index contributed by atoms with van der Waals surface area (Å²) in [4.78, 5) is 4.47. The van der Waals surface area contributed by atoms with Crippen molar-refractivity contribution in [3.8, 4) is 5.75 Å². The van der Waals surface area contributed by atoms with Crippen LogP contribution in [0.4, 0.5) is 4.39 Å². The predicted molar refractivity (Wildman–Crippen MR) is 81.2 cm³/mol. The highest BCUT2D eigenvalue weighted by Crippen LogP contribution is 2.28. The standard InChI is InChI=1S/C16H14FNO2S/c1-20-14-7-6-10(8-11(14)17)13(19)9-16-18-12-4-2-3-5-15(12)21-16/h2-8,13,19H,9H2,1H3. The van der Waals surface area contributed by atoms with Crippen LogP contribution in [0, 0.1) is 5.82 Å². The van der Waals surface area contributed by atoms with Gasteiger partial charge in [0.15, 0.2) is 11.6 Å². The van der Waals surface area contributed by atoms with Crippen LogP contribution in [0.2, 0.25) is 0 Å². The van der Waals surface area contributed by atoms with Gasteiger partial charge < -0.3 is 9.84 Å². The molecule has 108 valence electrons. The Bertz CT molecular complexity index is 739. The molecule has 0 spiro atoms. The molecule has 1 aromatic heterocycles. The van der Waals surface area contributed by atoms with E-state index in [-0.39, 0.29) is 5.75 Å². The highest BCUT2D eigenvalue weighted by Gasteiger charge is 2.14. The average molecular weight is 303 g/mol. The molecular formula is C16H14FNO2S. The molecule has 5 heteroatoms. The summed E-state index contributed by atoms with van der Waals surface area (Å²) in [6.07, 6.45) is -0.420. The number of para-hydroxylation sites is 1. The molecule has 21 heavy (non-hydrogen) atoms. The zero-order valence-corrected chi connectivity index (χ0v) is 12.2. The second-order valence-electron chi connectivity index (χ2n) is 4.69. The normalized spacial score (nSPS) is 12.5. The number of aliphatic hydroxyl groups excluding tert-OH is 1. The molecule has 2 aromatic carbocycles. The third kappa shape index (κ3) is 2.89. The summed E-state index contributed by atoms with van der Waals surface area (Å²) >= 11 is 1.54. The third-order valence-electron chi connectivity index (χ3n) is 3.27. The Balaban J connectivity index is 1.82. The molecule has 0 bridgehead atoms. The minimum absolute atomic E-state index is 0.172. The maximum Gasteiger partial charge on any atom is 0.165 e. The van der Waals surface area contributed by atoms with Gasteiger partial charge >= 0.3 is 0 Å². The first kappa shape index (κ1) is 14.0. The highest BCUT2D eigenvalue weighted by molar-refractivity contribution is 7.18. The average Bonchev–Trinajstić information content (AvgIpc) is 2.89. The van der Waals surface area contributed by atoms with Gasteiger partial charge in [-0.25, -0.2) is 9.37 Å². The van der Waals surface area contributed by atoms with Gasteiger partial charge in [0.1, 0.15) is 0 Å². The van der Waals surface area contributed by atoms with E-state index < -0.39 is 11.9 Å². The maximum absolute atomic E-state index is 13.7. The van der Waals surface area contributed by atoms with Gasteiger partial charge in [-0.3, -0.25) is 0 Å². The lowest BCUT2D eigenvalue weighted by atomic mass is 10.1. The number of hydrogen-bond acceptors (Lipinski definition) is 4. The Morgan fingerprint density at radius 3 is 2.81 bits per heavy atom. The van der Waals surface area contributed by atoms with E-state index in [0.29, 0.717) is 12.0 Å². The molecule has 3 rings (SSSR count). The van der Waals surface area contributed by atoms with Gasteiger partial charge in [-0.15, -0.1) is 11.3 Å². The first-order valence-electron chi connectivity index (χ1n) is 6.53. The van der Waals surface area contributed by atoms with Gasteiger partial charge in [-0.05, 0) is 29.8 Å². The van der Waals surface area contributed by atoms with Crippen molar-refractivity contribution in [2.75, 3.05) is 7.11 Å². The van der Waals surface area contributed by atoms with Crippen molar-refractivity contribution in [1.82, 2.24) is 4.98 Å². The molecule has 3 aromatic rings. The van der Waals surface area contributed by atoms with E-state index >= 15 is 0 Å². The number of thiazole rings is 1. The Hall–Kier alpha value is -1.98. The summed E-state index contributed by atoms with van der Waals surface area (Å²) in [5.74, 6) is -0.302. The van der Waals surface area contributed by atoms with E-state index in [0.717, 1.165) is 15.2 Å². The first-order chi connectivity index (χ1) is 10.2. The first-order valence-corrected chi connectivity index (χ1v) is 7.35. The fraction of sp³-hybridized carbons (Fsp3) is 0.188.